The van der Waals surface area contributed by atoms with Gasteiger partial charge in [0.05, 0.1) is 19.3 Å². The molecule has 3 nitrogen and oxygen atoms in total. The summed E-state index contributed by atoms with van der Waals surface area (Å²) < 4.78 is 12.2. The zero-order valence-corrected chi connectivity index (χ0v) is 14.3. The smallest absolute Gasteiger partial charge is 0.162 e. The number of hydrogen-bond donors (Lipinski definition) is 1. The summed E-state index contributed by atoms with van der Waals surface area (Å²) in [4.78, 5) is 0. The number of benzene rings is 1. The number of aliphatic hydroxyl groups is 1. The number of aliphatic hydroxyl groups excluding tert-OH is 1. The molecule has 0 aromatic heterocycles. The lowest BCUT2D eigenvalue weighted by molar-refractivity contribution is 0.162. The van der Waals surface area contributed by atoms with Gasteiger partial charge in [-0.3, -0.25) is 0 Å². The first-order valence-corrected chi connectivity index (χ1v) is 8.78. The predicted octanol–water partition coefficient (Wildman–Crippen LogP) is 5.00. The first-order chi connectivity index (χ1) is 10.2. The van der Waals surface area contributed by atoms with E-state index < -0.39 is 6.10 Å². The van der Waals surface area contributed by atoms with Crippen molar-refractivity contribution < 1.29 is 14.6 Å². The van der Waals surface area contributed by atoms with Gasteiger partial charge in [0, 0.05) is 10.9 Å². The Hall–Kier alpha value is -0.740. The van der Waals surface area contributed by atoms with Crippen LogP contribution in [0.5, 0.6) is 11.5 Å². The molecule has 0 amide bonds. The number of halogens is 1. The van der Waals surface area contributed by atoms with E-state index in [1.54, 1.807) is 0 Å². The van der Waals surface area contributed by atoms with Crippen molar-refractivity contribution >= 4 is 15.9 Å². The number of hydrogen-bond acceptors (Lipinski definition) is 3. The van der Waals surface area contributed by atoms with Gasteiger partial charge in [0.2, 0.25) is 0 Å². The molecule has 1 aliphatic heterocycles. The van der Waals surface area contributed by atoms with Gasteiger partial charge in [-0.25, -0.2) is 0 Å². The third-order valence-electron chi connectivity index (χ3n) is 3.81. The van der Waals surface area contributed by atoms with Gasteiger partial charge >= 0.3 is 0 Å². The summed E-state index contributed by atoms with van der Waals surface area (Å²) in [6, 6.07) is 3.83. The van der Waals surface area contributed by atoms with Crippen LogP contribution in [0.2, 0.25) is 0 Å². The Morgan fingerprint density at radius 2 is 1.76 bits per heavy atom. The molecule has 0 saturated carbocycles. The lowest BCUT2D eigenvalue weighted by Gasteiger charge is -2.16. The van der Waals surface area contributed by atoms with Crippen LogP contribution in [-0.4, -0.2) is 18.3 Å². The van der Waals surface area contributed by atoms with E-state index in [0.29, 0.717) is 13.2 Å². The molecule has 2 rings (SSSR count). The highest BCUT2D eigenvalue weighted by molar-refractivity contribution is 9.10. The van der Waals surface area contributed by atoms with Gasteiger partial charge in [-0.15, -0.1) is 0 Å². The maximum absolute atomic E-state index is 10.4. The molecule has 0 fully saturated rings. The van der Waals surface area contributed by atoms with Crippen LogP contribution in [0.4, 0.5) is 0 Å². The molecule has 0 saturated heterocycles. The van der Waals surface area contributed by atoms with Gasteiger partial charge in [0.1, 0.15) is 0 Å². The first-order valence-electron chi connectivity index (χ1n) is 7.99. The van der Waals surface area contributed by atoms with Crippen LogP contribution in [0, 0.1) is 0 Å². The normalized spacial score (nSPS) is 15.6. The van der Waals surface area contributed by atoms with Crippen LogP contribution in [0.3, 0.4) is 0 Å². The minimum Gasteiger partial charge on any atom is -0.490 e. The summed E-state index contributed by atoms with van der Waals surface area (Å²) in [6.07, 6.45) is 7.27. The Kier molecular flexibility index (Phi) is 6.84. The van der Waals surface area contributed by atoms with Gasteiger partial charge in [-0.2, -0.15) is 0 Å². The fourth-order valence-corrected chi connectivity index (χ4v) is 3.14. The van der Waals surface area contributed by atoms with E-state index in [4.69, 9.17) is 9.47 Å². The highest BCUT2D eigenvalue weighted by Gasteiger charge is 2.18. The van der Waals surface area contributed by atoms with E-state index in [-0.39, 0.29) is 0 Å². The van der Waals surface area contributed by atoms with Crippen molar-refractivity contribution in [3.8, 4) is 11.5 Å². The molecule has 0 spiro atoms. The molecule has 1 unspecified atom stereocenters. The maximum atomic E-state index is 10.4. The van der Waals surface area contributed by atoms with E-state index in [0.717, 1.165) is 40.8 Å². The summed E-state index contributed by atoms with van der Waals surface area (Å²) in [5.41, 5.74) is 0.898. The highest BCUT2D eigenvalue weighted by atomic mass is 79.9. The molecular weight excluding hydrogens is 332 g/mol. The van der Waals surface area contributed by atoms with E-state index >= 15 is 0 Å². The monoisotopic (exact) mass is 356 g/mol. The molecule has 1 N–H and O–H groups in total. The lowest BCUT2D eigenvalue weighted by Crippen LogP contribution is -2.01. The van der Waals surface area contributed by atoms with E-state index in [1.807, 2.05) is 12.1 Å². The molecule has 1 atom stereocenters. The van der Waals surface area contributed by atoms with Gasteiger partial charge in [-0.05, 0) is 24.1 Å². The number of fused-ring (bicyclic) bond motifs is 1. The van der Waals surface area contributed by atoms with Crippen molar-refractivity contribution in [2.75, 3.05) is 13.2 Å². The zero-order chi connectivity index (χ0) is 15.1. The van der Waals surface area contributed by atoms with Crippen molar-refractivity contribution in [1.29, 1.82) is 0 Å². The second kappa shape index (κ2) is 8.64. The average Bonchev–Trinajstić information content (AvgIpc) is 2.70. The van der Waals surface area contributed by atoms with Gasteiger partial charge in [0.25, 0.3) is 0 Å². The van der Waals surface area contributed by atoms with E-state index in [9.17, 15) is 5.11 Å². The van der Waals surface area contributed by atoms with Gasteiger partial charge < -0.3 is 14.6 Å². The quantitative estimate of drug-likeness (QED) is 0.698. The molecule has 0 aliphatic carbocycles. The van der Waals surface area contributed by atoms with E-state index in [1.165, 1.54) is 25.7 Å². The van der Waals surface area contributed by atoms with Gasteiger partial charge in [-0.1, -0.05) is 55.0 Å². The molecular formula is C17H25BrO3. The number of ether oxygens (including phenoxy) is 2. The summed E-state index contributed by atoms with van der Waals surface area (Å²) in [6.45, 7) is 3.56. The summed E-state index contributed by atoms with van der Waals surface area (Å²) in [5.74, 6) is 1.51. The molecule has 0 radical (unpaired) electrons. The Balaban J connectivity index is 1.96. The zero-order valence-electron chi connectivity index (χ0n) is 12.7. The molecule has 1 aliphatic rings. The van der Waals surface area contributed by atoms with Crippen LogP contribution in [0.1, 0.15) is 63.5 Å². The minimum atomic E-state index is -0.446. The van der Waals surface area contributed by atoms with Crippen molar-refractivity contribution in [3.63, 3.8) is 0 Å². The first kappa shape index (κ1) is 16.6. The Bertz CT molecular complexity index is 448. The van der Waals surface area contributed by atoms with Crippen molar-refractivity contribution in [1.82, 2.24) is 0 Å². The standard InChI is InChI=1S/C17H25BrO3/c1-2-3-4-5-6-8-15(19)13-11-16-17(12-14(13)18)21-10-7-9-20-16/h11-12,15,19H,2-10H2,1H3. The summed E-state index contributed by atoms with van der Waals surface area (Å²) in [7, 11) is 0. The molecule has 118 valence electrons. The Morgan fingerprint density at radius 3 is 2.48 bits per heavy atom. The molecule has 0 bridgehead atoms. The Morgan fingerprint density at radius 1 is 1.10 bits per heavy atom. The van der Waals surface area contributed by atoms with Gasteiger partial charge in [0.15, 0.2) is 11.5 Å². The van der Waals surface area contributed by atoms with Crippen LogP contribution in [0.15, 0.2) is 16.6 Å². The number of unbranched alkanes of at least 4 members (excludes halogenated alkanes) is 4. The second-order valence-electron chi connectivity index (χ2n) is 5.59. The summed E-state index contributed by atoms with van der Waals surface area (Å²) in [5, 5.41) is 10.4. The third kappa shape index (κ3) is 4.89. The van der Waals surface area contributed by atoms with Crippen LogP contribution >= 0.6 is 15.9 Å². The van der Waals surface area contributed by atoms with Crippen molar-refractivity contribution in [3.05, 3.63) is 22.2 Å². The highest BCUT2D eigenvalue weighted by Crippen LogP contribution is 2.38. The molecule has 1 heterocycles. The molecule has 21 heavy (non-hydrogen) atoms. The van der Waals surface area contributed by atoms with Crippen molar-refractivity contribution in [2.24, 2.45) is 0 Å². The predicted molar refractivity (Wildman–Crippen MR) is 88.1 cm³/mol. The molecule has 1 aromatic carbocycles. The average molecular weight is 357 g/mol. The maximum Gasteiger partial charge on any atom is 0.162 e. The van der Waals surface area contributed by atoms with Crippen molar-refractivity contribution in [2.45, 2.75) is 58.0 Å². The molecule has 1 aromatic rings. The largest absolute Gasteiger partial charge is 0.490 e. The number of rotatable bonds is 7. The van der Waals surface area contributed by atoms with E-state index in [2.05, 4.69) is 22.9 Å². The Labute approximate surface area is 135 Å². The minimum absolute atomic E-state index is 0.446. The van der Waals surface area contributed by atoms with Crippen LogP contribution < -0.4 is 9.47 Å². The SMILES string of the molecule is CCCCCCCC(O)c1cc2c(cc1Br)OCCCO2. The van der Waals surface area contributed by atoms with Crippen LogP contribution in [-0.2, 0) is 0 Å². The fraction of sp³-hybridized carbons (Fsp3) is 0.647. The fourth-order valence-electron chi connectivity index (χ4n) is 2.55. The summed E-state index contributed by atoms with van der Waals surface area (Å²) >= 11 is 3.54. The lowest BCUT2D eigenvalue weighted by atomic mass is 10.0. The second-order valence-corrected chi connectivity index (χ2v) is 6.44. The van der Waals surface area contributed by atoms with Crippen LogP contribution in [0.25, 0.3) is 0 Å². The topological polar surface area (TPSA) is 38.7 Å². The third-order valence-corrected chi connectivity index (χ3v) is 4.49. The molecule has 4 heteroatoms.